The third kappa shape index (κ3) is 2.84. The van der Waals surface area contributed by atoms with Gasteiger partial charge in [-0.1, -0.05) is 32.0 Å². The number of hydrogen-bond donors (Lipinski definition) is 1. The van der Waals surface area contributed by atoms with Crippen LogP contribution in [0.4, 0.5) is 5.69 Å². The lowest BCUT2D eigenvalue weighted by Crippen LogP contribution is -2.36. The number of rotatable bonds is 4. The Balaban J connectivity index is 1.96. The van der Waals surface area contributed by atoms with Crippen LogP contribution in [0.5, 0.6) is 0 Å². The van der Waals surface area contributed by atoms with Gasteiger partial charge in [-0.15, -0.1) is 0 Å². The minimum atomic E-state index is 0.00338. The molecule has 0 bridgehead atoms. The number of para-hydroxylation sites is 1. The number of fused-ring (bicyclic) bond motifs is 1. The van der Waals surface area contributed by atoms with Crippen molar-refractivity contribution in [3.05, 3.63) is 36.0 Å². The van der Waals surface area contributed by atoms with Gasteiger partial charge in [0.15, 0.2) is 0 Å². The average molecular weight is 283 g/mol. The Bertz CT molecular complexity index is 677. The molecule has 3 rings (SSSR count). The fourth-order valence-electron chi connectivity index (χ4n) is 2.64. The predicted octanol–water partition coefficient (Wildman–Crippen LogP) is 3.08. The monoisotopic (exact) mass is 283 g/mol. The summed E-state index contributed by atoms with van der Waals surface area (Å²) in [7, 11) is 0. The van der Waals surface area contributed by atoms with Crippen LogP contribution in [-0.2, 0) is 0 Å². The van der Waals surface area contributed by atoms with Crippen LogP contribution >= 0.6 is 0 Å². The zero-order valence-corrected chi connectivity index (χ0v) is 12.5. The fourth-order valence-corrected chi connectivity index (χ4v) is 2.64. The molecule has 2 aromatic rings. The topological polar surface area (TPSA) is 59.2 Å². The first-order valence-corrected chi connectivity index (χ1v) is 7.52. The van der Waals surface area contributed by atoms with Crippen molar-refractivity contribution in [2.45, 2.75) is 32.7 Å². The second-order valence-electron chi connectivity index (χ2n) is 6.20. The number of aromatic nitrogens is 1. The van der Waals surface area contributed by atoms with Crippen molar-refractivity contribution in [1.29, 1.82) is 0 Å². The maximum Gasteiger partial charge on any atom is 0.272 e. The second kappa shape index (κ2) is 5.35. The summed E-state index contributed by atoms with van der Waals surface area (Å²) in [6, 6.07) is 9.76. The predicted molar refractivity (Wildman–Crippen MR) is 85.1 cm³/mol. The van der Waals surface area contributed by atoms with Crippen LogP contribution in [-0.4, -0.2) is 28.4 Å². The maximum atomic E-state index is 12.8. The van der Waals surface area contributed by atoms with Gasteiger partial charge in [0.25, 0.3) is 5.91 Å². The summed E-state index contributed by atoms with van der Waals surface area (Å²) in [4.78, 5) is 19.2. The summed E-state index contributed by atoms with van der Waals surface area (Å²) in [6.45, 7) is 5.04. The molecule has 1 aliphatic carbocycles. The number of carbonyl (C=O) groups excluding carboxylic acids is 1. The van der Waals surface area contributed by atoms with Gasteiger partial charge in [0, 0.05) is 23.7 Å². The van der Waals surface area contributed by atoms with Gasteiger partial charge in [0.05, 0.1) is 5.52 Å². The van der Waals surface area contributed by atoms with Crippen LogP contribution in [0.25, 0.3) is 10.9 Å². The van der Waals surface area contributed by atoms with Gasteiger partial charge >= 0.3 is 0 Å². The molecule has 0 aliphatic heterocycles. The third-order valence-corrected chi connectivity index (χ3v) is 3.78. The van der Waals surface area contributed by atoms with Gasteiger partial charge in [-0.3, -0.25) is 4.79 Å². The van der Waals surface area contributed by atoms with E-state index in [0.717, 1.165) is 30.3 Å². The molecule has 4 nitrogen and oxygen atoms in total. The molecule has 1 aromatic heterocycles. The number of anilines is 1. The zero-order chi connectivity index (χ0) is 15.0. The first kappa shape index (κ1) is 13.9. The number of carbonyl (C=O) groups is 1. The van der Waals surface area contributed by atoms with Gasteiger partial charge in [0.2, 0.25) is 0 Å². The molecule has 0 saturated heterocycles. The smallest absolute Gasteiger partial charge is 0.272 e. The SMILES string of the molecule is CC(C)CN(C(=O)c1cc(N)c2ccccc2n1)C1CC1. The molecule has 2 N–H and O–H groups in total. The Hall–Kier alpha value is -2.10. The van der Waals surface area contributed by atoms with E-state index in [-0.39, 0.29) is 5.91 Å². The van der Waals surface area contributed by atoms with Crippen LogP contribution in [0, 0.1) is 5.92 Å². The molecule has 110 valence electrons. The van der Waals surface area contributed by atoms with E-state index in [0.29, 0.717) is 23.3 Å². The second-order valence-corrected chi connectivity index (χ2v) is 6.20. The number of nitrogens with two attached hydrogens (primary N) is 1. The summed E-state index contributed by atoms with van der Waals surface area (Å²) >= 11 is 0. The third-order valence-electron chi connectivity index (χ3n) is 3.78. The zero-order valence-electron chi connectivity index (χ0n) is 12.5. The Labute approximate surface area is 125 Å². The summed E-state index contributed by atoms with van der Waals surface area (Å²) in [5, 5.41) is 0.899. The van der Waals surface area contributed by atoms with Crippen LogP contribution in [0.2, 0.25) is 0 Å². The molecule has 1 fully saturated rings. The van der Waals surface area contributed by atoms with Crippen LogP contribution in [0.3, 0.4) is 0 Å². The van der Waals surface area contributed by atoms with Crippen molar-refractivity contribution >= 4 is 22.5 Å². The highest BCUT2D eigenvalue weighted by atomic mass is 16.2. The molecule has 1 heterocycles. The van der Waals surface area contributed by atoms with Crippen LogP contribution < -0.4 is 5.73 Å². The van der Waals surface area contributed by atoms with Crippen molar-refractivity contribution in [3.63, 3.8) is 0 Å². The summed E-state index contributed by atoms with van der Waals surface area (Å²) in [5.74, 6) is 0.455. The highest BCUT2D eigenvalue weighted by Crippen LogP contribution is 2.29. The number of hydrogen-bond acceptors (Lipinski definition) is 3. The highest BCUT2D eigenvalue weighted by molar-refractivity contribution is 5.99. The molecule has 21 heavy (non-hydrogen) atoms. The number of nitrogens with zero attached hydrogens (tertiary/aromatic N) is 2. The molecule has 0 spiro atoms. The Morgan fingerprint density at radius 1 is 1.38 bits per heavy atom. The molecule has 0 unspecified atom stereocenters. The highest BCUT2D eigenvalue weighted by Gasteiger charge is 2.34. The van der Waals surface area contributed by atoms with Crippen molar-refractivity contribution in [2.24, 2.45) is 5.92 Å². The molecular formula is C17H21N3O. The summed E-state index contributed by atoms with van der Waals surface area (Å²) in [6.07, 6.45) is 2.20. The summed E-state index contributed by atoms with van der Waals surface area (Å²) < 4.78 is 0. The summed E-state index contributed by atoms with van der Waals surface area (Å²) in [5.41, 5.74) is 7.93. The Morgan fingerprint density at radius 3 is 2.76 bits per heavy atom. The molecule has 1 saturated carbocycles. The lowest BCUT2D eigenvalue weighted by molar-refractivity contribution is 0.0717. The van der Waals surface area contributed by atoms with E-state index in [1.807, 2.05) is 29.2 Å². The minimum absolute atomic E-state index is 0.00338. The molecule has 4 heteroatoms. The van der Waals surface area contributed by atoms with E-state index in [1.165, 1.54) is 0 Å². The first-order valence-electron chi connectivity index (χ1n) is 7.52. The largest absolute Gasteiger partial charge is 0.398 e. The normalized spacial score (nSPS) is 14.6. The van der Waals surface area contributed by atoms with E-state index >= 15 is 0 Å². The average Bonchev–Trinajstić information content (AvgIpc) is 3.28. The van der Waals surface area contributed by atoms with Gasteiger partial charge < -0.3 is 10.6 Å². The number of benzene rings is 1. The molecule has 0 atom stereocenters. The quantitative estimate of drug-likeness (QED) is 0.938. The number of pyridine rings is 1. The van der Waals surface area contributed by atoms with E-state index in [9.17, 15) is 4.79 Å². The van der Waals surface area contributed by atoms with E-state index in [4.69, 9.17) is 5.73 Å². The van der Waals surface area contributed by atoms with Crippen molar-refractivity contribution in [1.82, 2.24) is 9.88 Å². The van der Waals surface area contributed by atoms with Crippen molar-refractivity contribution in [3.8, 4) is 0 Å². The lowest BCUT2D eigenvalue weighted by atomic mass is 10.1. The van der Waals surface area contributed by atoms with E-state index in [1.54, 1.807) is 6.07 Å². The van der Waals surface area contributed by atoms with E-state index in [2.05, 4.69) is 18.8 Å². The van der Waals surface area contributed by atoms with Gasteiger partial charge in [-0.05, 0) is 30.9 Å². The molecule has 1 amide bonds. The fraction of sp³-hybridized carbons (Fsp3) is 0.412. The molecular weight excluding hydrogens is 262 g/mol. The first-order chi connectivity index (χ1) is 10.1. The van der Waals surface area contributed by atoms with Gasteiger partial charge in [0.1, 0.15) is 5.69 Å². The minimum Gasteiger partial charge on any atom is -0.398 e. The van der Waals surface area contributed by atoms with Gasteiger partial charge in [-0.2, -0.15) is 0 Å². The Morgan fingerprint density at radius 2 is 2.10 bits per heavy atom. The molecule has 1 aliphatic rings. The lowest BCUT2D eigenvalue weighted by Gasteiger charge is -2.24. The molecule has 1 aromatic carbocycles. The standard InChI is InChI=1S/C17H21N3O/c1-11(2)10-20(12-7-8-12)17(21)16-9-14(18)13-5-3-4-6-15(13)19-16/h3-6,9,11-12H,7-8,10H2,1-2H3,(H2,18,19). The Kier molecular flexibility index (Phi) is 3.53. The van der Waals surface area contributed by atoms with Crippen molar-refractivity contribution < 1.29 is 4.79 Å². The number of amides is 1. The van der Waals surface area contributed by atoms with Crippen LogP contribution in [0.1, 0.15) is 37.2 Å². The maximum absolute atomic E-state index is 12.8. The van der Waals surface area contributed by atoms with Crippen molar-refractivity contribution in [2.75, 3.05) is 12.3 Å². The van der Waals surface area contributed by atoms with E-state index < -0.39 is 0 Å². The number of nitrogen functional groups attached to an aromatic ring is 1. The molecule has 0 radical (unpaired) electrons. The van der Waals surface area contributed by atoms with Crippen LogP contribution in [0.15, 0.2) is 30.3 Å². The van der Waals surface area contributed by atoms with Gasteiger partial charge in [-0.25, -0.2) is 4.98 Å².